The van der Waals surface area contributed by atoms with Gasteiger partial charge in [-0.25, -0.2) is 9.97 Å². The number of benzene rings is 1. The largest absolute Gasteiger partial charge is 0.430 e. The minimum absolute atomic E-state index is 0.106. The number of nitrogen functional groups attached to an aromatic ring is 1. The molecule has 1 amide bonds. The lowest BCUT2D eigenvalue weighted by Gasteiger charge is -2.28. The van der Waals surface area contributed by atoms with E-state index in [2.05, 4.69) is 21.8 Å². The molecule has 6 nitrogen and oxygen atoms in total. The van der Waals surface area contributed by atoms with E-state index in [9.17, 15) is 23.1 Å². The third-order valence-corrected chi connectivity index (χ3v) is 4.47. The maximum atomic E-state index is 13.4. The quantitative estimate of drug-likeness (QED) is 0.694. The van der Waals surface area contributed by atoms with E-state index >= 15 is 0 Å². The van der Waals surface area contributed by atoms with Gasteiger partial charge in [0.05, 0.1) is 11.9 Å². The van der Waals surface area contributed by atoms with Gasteiger partial charge in [0.1, 0.15) is 0 Å². The summed E-state index contributed by atoms with van der Waals surface area (Å²) in [6.07, 6.45) is -1.99. The SMILES string of the molecule is Cc1ccc(C(O)(C(N)=O)C(F)(F)F)cc1-c1cnc(N)c(C#CC2CC2)n1. The number of amides is 1. The summed E-state index contributed by atoms with van der Waals surface area (Å²) in [5.74, 6) is 4.32. The number of carbonyl (C=O) groups is 1. The van der Waals surface area contributed by atoms with Crippen molar-refractivity contribution in [3.05, 3.63) is 41.2 Å². The molecule has 0 aliphatic heterocycles. The van der Waals surface area contributed by atoms with Crippen LogP contribution in [-0.2, 0) is 10.4 Å². The lowest BCUT2D eigenvalue weighted by molar-refractivity contribution is -0.255. The van der Waals surface area contributed by atoms with Crippen LogP contribution in [0.5, 0.6) is 0 Å². The van der Waals surface area contributed by atoms with E-state index in [1.807, 2.05) is 0 Å². The zero-order valence-electron chi connectivity index (χ0n) is 14.8. The Morgan fingerprint density at radius 3 is 2.57 bits per heavy atom. The number of aryl methyl sites for hydroxylation is 1. The number of nitrogens with two attached hydrogens (primary N) is 2. The highest BCUT2D eigenvalue weighted by molar-refractivity contribution is 5.86. The minimum Gasteiger partial charge on any atom is -0.381 e. The zero-order valence-corrected chi connectivity index (χ0v) is 14.8. The summed E-state index contributed by atoms with van der Waals surface area (Å²) in [6, 6.07) is 3.35. The maximum absolute atomic E-state index is 13.4. The second-order valence-electron chi connectivity index (χ2n) is 6.63. The number of aromatic nitrogens is 2. The minimum atomic E-state index is -5.29. The molecule has 1 heterocycles. The molecular weight excluding hydrogens is 373 g/mol. The molecule has 5 N–H and O–H groups in total. The number of rotatable bonds is 3. The molecule has 1 aromatic carbocycles. The van der Waals surface area contributed by atoms with Gasteiger partial charge >= 0.3 is 6.18 Å². The Hall–Kier alpha value is -3.12. The fraction of sp³-hybridized carbons (Fsp3) is 0.316. The molecule has 1 fully saturated rings. The number of alkyl halides is 3. The lowest BCUT2D eigenvalue weighted by Crippen LogP contribution is -2.52. The zero-order chi connectivity index (χ0) is 20.7. The van der Waals surface area contributed by atoms with Crippen molar-refractivity contribution in [1.82, 2.24) is 9.97 Å². The Labute approximate surface area is 158 Å². The van der Waals surface area contributed by atoms with Crippen molar-refractivity contribution in [3.63, 3.8) is 0 Å². The molecular formula is C19H17F3N4O2. The van der Waals surface area contributed by atoms with Crippen LogP contribution >= 0.6 is 0 Å². The van der Waals surface area contributed by atoms with Crippen LogP contribution in [0.1, 0.15) is 29.7 Å². The molecule has 3 rings (SSSR count). The van der Waals surface area contributed by atoms with Gasteiger partial charge in [0.2, 0.25) is 0 Å². The van der Waals surface area contributed by atoms with Crippen molar-refractivity contribution in [2.45, 2.75) is 31.5 Å². The van der Waals surface area contributed by atoms with E-state index < -0.39 is 23.2 Å². The van der Waals surface area contributed by atoms with Crippen LogP contribution in [0.4, 0.5) is 19.0 Å². The van der Waals surface area contributed by atoms with Crippen molar-refractivity contribution >= 4 is 11.7 Å². The van der Waals surface area contributed by atoms with Crippen molar-refractivity contribution in [2.75, 3.05) is 5.73 Å². The molecule has 0 radical (unpaired) electrons. The number of nitrogens with zero attached hydrogens (tertiary/aromatic N) is 2. The normalized spacial score (nSPS) is 16.0. The molecule has 2 aromatic rings. The summed E-state index contributed by atoms with van der Waals surface area (Å²) in [4.78, 5) is 19.7. The van der Waals surface area contributed by atoms with E-state index in [1.54, 1.807) is 6.92 Å². The second-order valence-corrected chi connectivity index (χ2v) is 6.63. The van der Waals surface area contributed by atoms with Gasteiger partial charge in [-0.15, -0.1) is 0 Å². The Balaban J connectivity index is 2.11. The fourth-order valence-corrected chi connectivity index (χ4v) is 2.59. The Bertz CT molecular complexity index is 1010. The molecule has 0 saturated heterocycles. The van der Waals surface area contributed by atoms with Crippen molar-refractivity contribution in [2.24, 2.45) is 11.7 Å². The summed E-state index contributed by atoms with van der Waals surface area (Å²) < 4.78 is 40.1. The molecule has 146 valence electrons. The number of halogens is 3. The summed E-state index contributed by atoms with van der Waals surface area (Å²) in [5, 5.41) is 10.0. The van der Waals surface area contributed by atoms with Crippen LogP contribution in [0.25, 0.3) is 11.3 Å². The van der Waals surface area contributed by atoms with Gasteiger partial charge in [-0.05, 0) is 37.3 Å². The Kier molecular flexibility index (Phi) is 4.77. The molecule has 0 spiro atoms. The third kappa shape index (κ3) is 3.51. The van der Waals surface area contributed by atoms with Gasteiger partial charge in [0.25, 0.3) is 11.5 Å². The Morgan fingerprint density at radius 2 is 2.00 bits per heavy atom. The van der Waals surface area contributed by atoms with Crippen molar-refractivity contribution in [3.8, 4) is 23.1 Å². The number of hydrogen-bond acceptors (Lipinski definition) is 5. The standard InChI is InChI=1S/C19H17F3N4O2/c1-10-2-6-12(18(28,17(24)27)19(20,21)22)8-13(10)15-9-25-16(23)14(26-15)7-5-11-3-4-11/h2,6,8-9,11,28H,3-4H2,1H3,(H2,23,25)(H2,24,27). The van der Waals surface area contributed by atoms with Gasteiger partial charge in [-0.2, -0.15) is 13.2 Å². The van der Waals surface area contributed by atoms with Gasteiger partial charge < -0.3 is 16.6 Å². The molecule has 28 heavy (non-hydrogen) atoms. The predicted molar refractivity (Wildman–Crippen MR) is 95.4 cm³/mol. The summed E-state index contributed by atoms with van der Waals surface area (Å²) >= 11 is 0. The van der Waals surface area contributed by atoms with E-state index in [-0.39, 0.29) is 22.8 Å². The second kappa shape index (κ2) is 6.80. The summed E-state index contributed by atoms with van der Waals surface area (Å²) in [7, 11) is 0. The van der Waals surface area contributed by atoms with Crippen molar-refractivity contribution in [1.29, 1.82) is 0 Å². The highest BCUT2D eigenvalue weighted by atomic mass is 19.4. The number of carbonyl (C=O) groups excluding carboxylic acids is 1. The predicted octanol–water partition coefficient (Wildman–Crippen LogP) is 2.03. The van der Waals surface area contributed by atoms with Crippen LogP contribution in [0.3, 0.4) is 0 Å². The average Bonchev–Trinajstić information content (AvgIpc) is 3.44. The number of hydrogen-bond donors (Lipinski definition) is 3. The highest BCUT2D eigenvalue weighted by Crippen LogP contribution is 2.40. The fourth-order valence-electron chi connectivity index (χ4n) is 2.59. The summed E-state index contributed by atoms with van der Waals surface area (Å²) in [6.45, 7) is 1.64. The summed E-state index contributed by atoms with van der Waals surface area (Å²) in [5.41, 5.74) is 7.33. The molecule has 1 aromatic heterocycles. The number of anilines is 1. The third-order valence-electron chi connectivity index (χ3n) is 4.47. The molecule has 1 saturated carbocycles. The first-order valence-corrected chi connectivity index (χ1v) is 8.38. The average molecular weight is 390 g/mol. The van der Waals surface area contributed by atoms with Gasteiger partial charge in [0.15, 0.2) is 11.5 Å². The van der Waals surface area contributed by atoms with Gasteiger partial charge in [0, 0.05) is 17.0 Å². The van der Waals surface area contributed by atoms with Crippen LogP contribution in [0.2, 0.25) is 0 Å². The van der Waals surface area contributed by atoms with Crippen LogP contribution in [0.15, 0.2) is 24.4 Å². The van der Waals surface area contributed by atoms with Gasteiger partial charge in [-0.3, -0.25) is 4.79 Å². The molecule has 1 atom stereocenters. The molecule has 1 unspecified atom stereocenters. The molecule has 1 aliphatic rings. The van der Waals surface area contributed by atoms with Gasteiger partial charge in [-0.1, -0.05) is 18.1 Å². The first-order valence-electron chi connectivity index (χ1n) is 8.38. The van der Waals surface area contributed by atoms with Crippen molar-refractivity contribution < 1.29 is 23.1 Å². The lowest BCUT2D eigenvalue weighted by atomic mass is 9.89. The molecule has 0 bridgehead atoms. The Morgan fingerprint density at radius 1 is 1.32 bits per heavy atom. The van der Waals surface area contributed by atoms with E-state index in [0.717, 1.165) is 25.0 Å². The molecule has 1 aliphatic carbocycles. The number of aliphatic hydroxyl groups is 1. The topological polar surface area (TPSA) is 115 Å². The molecule has 9 heteroatoms. The maximum Gasteiger partial charge on any atom is 0.430 e. The number of primary amides is 1. The first-order chi connectivity index (χ1) is 13.0. The monoisotopic (exact) mass is 390 g/mol. The first kappa shape index (κ1) is 19.6. The highest BCUT2D eigenvalue weighted by Gasteiger charge is 2.60. The van der Waals surface area contributed by atoms with Crippen LogP contribution in [0, 0.1) is 24.7 Å². The van der Waals surface area contributed by atoms with E-state index in [1.165, 1.54) is 12.3 Å². The van der Waals surface area contributed by atoms with E-state index in [0.29, 0.717) is 11.5 Å². The van der Waals surface area contributed by atoms with E-state index in [4.69, 9.17) is 11.5 Å². The van der Waals surface area contributed by atoms with Crippen LogP contribution in [-0.4, -0.2) is 27.2 Å². The smallest absolute Gasteiger partial charge is 0.381 e. The van der Waals surface area contributed by atoms with Crippen LogP contribution < -0.4 is 11.5 Å².